The third-order valence-corrected chi connectivity index (χ3v) is 5.51. The third-order valence-electron chi connectivity index (χ3n) is 5.51. The van der Waals surface area contributed by atoms with Crippen LogP contribution in [0.3, 0.4) is 0 Å². The number of aromatic nitrogens is 6. The van der Waals surface area contributed by atoms with E-state index in [0.29, 0.717) is 17.1 Å². The number of benzene rings is 1. The van der Waals surface area contributed by atoms with Crippen LogP contribution in [-0.2, 0) is 0 Å². The molecule has 4 heterocycles. The molecule has 8 heteroatoms. The summed E-state index contributed by atoms with van der Waals surface area (Å²) in [5, 5.41) is 16.3. The predicted molar refractivity (Wildman–Crippen MR) is 128 cm³/mol. The average molecular weight is 446 g/mol. The van der Waals surface area contributed by atoms with Gasteiger partial charge in [0.1, 0.15) is 5.82 Å². The number of halogens is 1. The summed E-state index contributed by atoms with van der Waals surface area (Å²) in [6.07, 6.45) is 11.4. The van der Waals surface area contributed by atoms with Crippen molar-refractivity contribution in [2.45, 2.75) is 32.7 Å². The number of hydrogen-bond acceptors (Lipinski definition) is 5. The van der Waals surface area contributed by atoms with Crippen molar-refractivity contribution < 1.29 is 4.39 Å². The Hall–Kier alpha value is -3.65. The second-order valence-electron chi connectivity index (χ2n) is 8.07. The molecule has 0 spiro atoms. The monoisotopic (exact) mass is 445 g/mol. The Morgan fingerprint density at radius 1 is 1.03 bits per heavy atom. The fourth-order valence-corrected chi connectivity index (χ4v) is 3.66. The van der Waals surface area contributed by atoms with Gasteiger partial charge in [0.2, 0.25) is 0 Å². The van der Waals surface area contributed by atoms with Crippen LogP contribution in [0.5, 0.6) is 0 Å². The van der Waals surface area contributed by atoms with Gasteiger partial charge in [-0.15, -0.1) is 0 Å². The highest BCUT2D eigenvalue weighted by Gasteiger charge is 2.16. The zero-order chi connectivity index (χ0) is 23.0. The first-order valence-electron chi connectivity index (χ1n) is 11.1. The van der Waals surface area contributed by atoms with Crippen molar-refractivity contribution in [2.75, 3.05) is 13.1 Å². The second kappa shape index (κ2) is 10.8. The Labute approximate surface area is 192 Å². The summed E-state index contributed by atoms with van der Waals surface area (Å²) in [6.45, 7) is 5.80. The lowest BCUT2D eigenvalue weighted by Crippen LogP contribution is -2.29. The molecule has 33 heavy (non-hydrogen) atoms. The largest absolute Gasteiger partial charge is 0.317 e. The molecule has 0 amide bonds. The number of pyridine rings is 1. The van der Waals surface area contributed by atoms with Gasteiger partial charge in [-0.2, -0.15) is 10.2 Å². The number of hydrogen-bond donors (Lipinski definition) is 2. The van der Waals surface area contributed by atoms with E-state index in [1.165, 1.54) is 6.07 Å². The van der Waals surface area contributed by atoms with Crippen molar-refractivity contribution in [2.24, 2.45) is 0 Å². The summed E-state index contributed by atoms with van der Waals surface area (Å²) in [6, 6.07) is 11.3. The highest BCUT2D eigenvalue weighted by molar-refractivity contribution is 5.79. The van der Waals surface area contributed by atoms with E-state index in [0.717, 1.165) is 48.3 Å². The molecule has 0 radical (unpaired) electrons. The first-order valence-corrected chi connectivity index (χ1v) is 11.1. The van der Waals surface area contributed by atoms with Gasteiger partial charge in [0.05, 0.1) is 23.4 Å². The van der Waals surface area contributed by atoms with Gasteiger partial charge in [0.15, 0.2) is 0 Å². The first-order chi connectivity index (χ1) is 16.1. The second-order valence-corrected chi connectivity index (χ2v) is 8.07. The highest BCUT2D eigenvalue weighted by Crippen LogP contribution is 2.21. The van der Waals surface area contributed by atoms with Crippen LogP contribution in [0.15, 0.2) is 67.4 Å². The quantitative estimate of drug-likeness (QED) is 0.467. The van der Waals surface area contributed by atoms with Gasteiger partial charge in [-0.1, -0.05) is 6.07 Å². The Balaban J connectivity index is 0.000000183. The number of H-pyrrole nitrogens is 1. The molecule has 1 saturated heterocycles. The normalized spacial score (nSPS) is 13.8. The van der Waals surface area contributed by atoms with Gasteiger partial charge in [-0.25, -0.2) is 4.39 Å². The number of nitrogens with zero attached hydrogens (tertiary/aromatic N) is 5. The molecule has 7 nitrogen and oxygen atoms in total. The Morgan fingerprint density at radius 3 is 2.70 bits per heavy atom. The summed E-state index contributed by atoms with van der Waals surface area (Å²) in [5.41, 5.74) is 4.14. The van der Waals surface area contributed by atoms with E-state index in [9.17, 15) is 4.39 Å². The minimum absolute atomic E-state index is 0.193. The fourth-order valence-electron chi connectivity index (χ4n) is 3.66. The van der Waals surface area contributed by atoms with Crippen LogP contribution in [0.1, 0.15) is 30.1 Å². The maximum absolute atomic E-state index is 13.0. The van der Waals surface area contributed by atoms with E-state index in [1.807, 2.05) is 37.4 Å². The van der Waals surface area contributed by atoms with Crippen LogP contribution in [-0.4, -0.2) is 43.0 Å². The van der Waals surface area contributed by atoms with Gasteiger partial charge < -0.3 is 5.32 Å². The average Bonchev–Trinajstić information content (AvgIpc) is 3.35. The summed E-state index contributed by atoms with van der Waals surface area (Å²) in [7, 11) is 0. The summed E-state index contributed by atoms with van der Waals surface area (Å²) < 4.78 is 15.1. The topological polar surface area (TPSA) is 84.3 Å². The van der Waals surface area contributed by atoms with E-state index in [4.69, 9.17) is 0 Å². The molecule has 1 aliphatic heterocycles. The van der Waals surface area contributed by atoms with E-state index in [-0.39, 0.29) is 5.82 Å². The van der Waals surface area contributed by atoms with E-state index >= 15 is 0 Å². The maximum Gasteiger partial charge on any atom is 0.128 e. The molecule has 0 unspecified atom stereocenters. The standard InChI is InChI=1S/C15H20N6.C10H8FN/c1-12-9-17-6-2-3-15(20-19-12)13-10-18-21(11-13)14-4-7-16-8-5-14;1-7-5-8-3-2-4-12-10(8)6-9(7)11/h2-3,6,9-11,14,16,19H,4-5,7-8H2,1H3;2-6H,1H3. The highest BCUT2D eigenvalue weighted by atomic mass is 19.1. The Bertz CT molecular complexity index is 1220. The zero-order valence-electron chi connectivity index (χ0n) is 18.9. The van der Waals surface area contributed by atoms with Crippen molar-refractivity contribution in [3.8, 4) is 11.3 Å². The SMILES string of the molecule is Cc1cc2cccnc2cc1F.Cc1cncccc(-c2cnn(C3CCNCC3)c2)n[nH]1. The Morgan fingerprint density at radius 2 is 1.85 bits per heavy atom. The maximum atomic E-state index is 13.0. The number of fused-ring (bicyclic) bond motifs is 1. The number of aryl methyl sites for hydroxylation is 2. The molecule has 0 bridgehead atoms. The zero-order valence-corrected chi connectivity index (χ0v) is 18.9. The van der Waals surface area contributed by atoms with Crippen LogP contribution in [0.25, 0.3) is 22.2 Å². The van der Waals surface area contributed by atoms with Crippen LogP contribution < -0.4 is 5.32 Å². The van der Waals surface area contributed by atoms with Crippen LogP contribution in [0, 0.1) is 19.7 Å². The minimum atomic E-state index is -0.193. The summed E-state index contributed by atoms with van der Waals surface area (Å²) >= 11 is 0. The third kappa shape index (κ3) is 5.98. The Kier molecular flexibility index (Phi) is 7.36. The summed E-state index contributed by atoms with van der Waals surface area (Å²) in [5.74, 6) is -0.193. The number of aromatic amines is 1. The molecular formula is C25H28FN7. The molecule has 2 N–H and O–H groups in total. The molecule has 4 aromatic rings. The number of nitrogens with one attached hydrogen (secondary N) is 2. The lowest BCUT2D eigenvalue weighted by molar-refractivity contribution is 0.343. The molecular weight excluding hydrogens is 417 g/mol. The van der Waals surface area contributed by atoms with Crippen LogP contribution in [0.2, 0.25) is 0 Å². The van der Waals surface area contributed by atoms with E-state index in [1.54, 1.807) is 31.6 Å². The van der Waals surface area contributed by atoms with Crippen LogP contribution >= 0.6 is 0 Å². The van der Waals surface area contributed by atoms with E-state index in [2.05, 4.69) is 41.5 Å². The fraction of sp³-hybridized carbons (Fsp3) is 0.280. The predicted octanol–water partition coefficient (Wildman–Crippen LogP) is 4.71. The number of piperidine rings is 1. The van der Waals surface area contributed by atoms with Crippen LogP contribution in [0.4, 0.5) is 4.39 Å². The van der Waals surface area contributed by atoms with Crippen molar-refractivity contribution in [1.29, 1.82) is 0 Å². The molecule has 170 valence electrons. The van der Waals surface area contributed by atoms with E-state index < -0.39 is 0 Å². The molecule has 1 fully saturated rings. The van der Waals surface area contributed by atoms with Gasteiger partial charge in [-0.05, 0) is 69.6 Å². The minimum Gasteiger partial charge on any atom is -0.317 e. The van der Waals surface area contributed by atoms with Crippen molar-refractivity contribution >= 4 is 10.9 Å². The van der Waals surface area contributed by atoms with Crippen molar-refractivity contribution in [3.05, 3.63) is 84.5 Å². The molecule has 3 aromatic heterocycles. The molecule has 0 aliphatic carbocycles. The van der Waals surface area contributed by atoms with Gasteiger partial charge >= 0.3 is 0 Å². The first kappa shape index (κ1) is 22.5. The van der Waals surface area contributed by atoms with Gasteiger partial charge in [0.25, 0.3) is 0 Å². The molecule has 0 saturated carbocycles. The van der Waals surface area contributed by atoms with Crippen molar-refractivity contribution in [1.82, 2.24) is 35.3 Å². The molecule has 5 rings (SSSR count). The summed E-state index contributed by atoms with van der Waals surface area (Å²) in [4.78, 5) is 8.18. The molecule has 1 aliphatic rings. The lowest BCUT2D eigenvalue weighted by atomic mass is 10.1. The molecule has 1 aromatic carbocycles. The van der Waals surface area contributed by atoms with Gasteiger partial charge in [0, 0.05) is 47.5 Å². The number of rotatable bonds is 2. The smallest absolute Gasteiger partial charge is 0.128 e. The lowest BCUT2D eigenvalue weighted by Gasteiger charge is -2.22. The van der Waals surface area contributed by atoms with Crippen molar-refractivity contribution in [3.63, 3.8) is 0 Å². The molecule has 0 atom stereocenters. The van der Waals surface area contributed by atoms with Gasteiger partial charge in [-0.3, -0.25) is 19.7 Å².